The van der Waals surface area contributed by atoms with Crippen LogP contribution in [-0.2, 0) is 9.59 Å². The van der Waals surface area contributed by atoms with Gasteiger partial charge in [0.25, 0.3) is 0 Å². The summed E-state index contributed by atoms with van der Waals surface area (Å²) in [5.41, 5.74) is 1.07. The zero-order chi connectivity index (χ0) is 19.8. The van der Waals surface area contributed by atoms with Crippen LogP contribution in [0.5, 0.6) is 0 Å². The standard InChI is InChI=1S/C21H33N3O2S/c1-5-23(6-2)14-10-11-16(3)22-20(26)19-15-27-21(24(19)17(4)25)18-12-8-7-9-13-18/h7-9,12-13,16,19,21H,5-6,10-11,14-15H2,1-4H3,(H,22,26)/t16-,19-,21+/m0/s1. The Morgan fingerprint density at radius 2 is 1.93 bits per heavy atom. The molecule has 1 aliphatic heterocycles. The van der Waals surface area contributed by atoms with Gasteiger partial charge in [-0.1, -0.05) is 44.2 Å². The van der Waals surface area contributed by atoms with Crippen LogP contribution in [0.1, 0.15) is 51.5 Å². The highest BCUT2D eigenvalue weighted by Crippen LogP contribution is 2.41. The summed E-state index contributed by atoms with van der Waals surface area (Å²) in [5.74, 6) is 0.548. The summed E-state index contributed by atoms with van der Waals surface area (Å²) in [6.45, 7) is 11.1. The van der Waals surface area contributed by atoms with Gasteiger partial charge in [0.05, 0.1) is 0 Å². The lowest BCUT2D eigenvalue weighted by atomic mass is 10.1. The predicted molar refractivity (Wildman–Crippen MR) is 113 cm³/mol. The Morgan fingerprint density at radius 3 is 2.52 bits per heavy atom. The van der Waals surface area contributed by atoms with Crippen LogP contribution in [0.4, 0.5) is 0 Å². The van der Waals surface area contributed by atoms with Crippen LogP contribution < -0.4 is 5.32 Å². The van der Waals surface area contributed by atoms with E-state index < -0.39 is 6.04 Å². The maximum atomic E-state index is 12.8. The van der Waals surface area contributed by atoms with Crippen LogP contribution in [0.2, 0.25) is 0 Å². The zero-order valence-corrected chi connectivity index (χ0v) is 17.8. The molecule has 0 unspecified atom stereocenters. The molecule has 6 heteroatoms. The lowest BCUT2D eigenvalue weighted by Crippen LogP contribution is -2.49. The van der Waals surface area contributed by atoms with Crippen molar-refractivity contribution in [3.8, 4) is 0 Å². The van der Waals surface area contributed by atoms with Crippen molar-refractivity contribution >= 4 is 23.6 Å². The van der Waals surface area contributed by atoms with Crippen LogP contribution in [-0.4, -0.2) is 59.1 Å². The van der Waals surface area contributed by atoms with Gasteiger partial charge in [-0.15, -0.1) is 11.8 Å². The molecule has 0 aromatic heterocycles. The number of carbonyl (C=O) groups is 2. The SMILES string of the molecule is CCN(CC)CCC[C@H](C)NC(=O)[C@@H]1CS[C@H](c2ccccc2)N1C(C)=O. The van der Waals surface area contributed by atoms with E-state index in [1.807, 2.05) is 30.3 Å². The molecule has 1 aliphatic rings. The average molecular weight is 392 g/mol. The summed E-state index contributed by atoms with van der Waals surface area (Å²) >= 11 is 1.66. The largest absolute Gasteiger partial charge is 0.352 e. The smallest absolute Gasteiger partial charge is 0.243 e. The molecule has 0 radical (unpaired) electrons. The molecule has 1 aromatic rings. The van der Waals surface area contributed by atoms with Gasteiger partial charge >= 0.3 is 0 Å². The molecule has 0 saturated carbocycles. The topological polar surface area (TPSA) is 52.7 Å². The quantitative estimate of drug-likeness (QED) is 0.702. The molecular weight excluding hydrogens is 358 g/mol. The van der Waals surface area contributed by atoms with Crippen molar-refractivity contribution in [1.29, 1.82) is 0 Å². The summed E-state index contributed by atoms with van der Waals surface area (Å²) in [6, 6.07) is 9.66. The Balaban J connectivity index is 1.92. The van der Waals surface area contributed by atoms with E-state index in [1.165, 1.54) is 0 Å². The number of benzene rings is 1. The van der Waals surface area contributed by atoms with E-state index in [9.17, 15) is 9.59 Å². The molecule has 2 amide bonds. The van der Waals surface area contributed by atoms with E-state index in [4.69, 9.17) is 0 Å². The highest BCUT2D eigenvalue weighted by atomic mass is 32.2. The first-order valence-electron chi connectivity index (χ1n) is 9.96. The van der Waals surface area contributed by atoms with Gasteiger partial charge in [-0.25, -0.2) is 0 Å². The van der Waals surface area contributed by atoms with Gasteiger partial charge in [0.1, 0.15) is 11.4 Å². The van der Waals surface area contributed by atoms with Crippen LogP contribution in [0.25, 0.3) is 0 Å². The van der Waals surface area contributed by atoms with Crippen molar-refractivity contribution in [2.45, 2.75) is 58.0 Å². The van der Waals surface area contributed by atoms with Crippen molar-refractivity contribution in [2.24, 2.45) is 0 Å². The van der Waals surface area contributed by atoms with Gasteiger partial charge in [0, 0.05) is 18.7 Å². The van der Waals surface area contributed by atoms with Crippen molar-refractivity contribution in [2.75, 3.05) is 25.4 Å². The molecule has 0 aliphatic carbocycles. The second-order valence-corrected chi connectivity index (χ2v) is 8.23. The minimum absolute atomic E-state index is 0.0357. The second-order valence-electron chi connectivity index (χ2n) is 7.12. The number of hydrogen-bond acceptors (Lipinski definition) is 4. The number of nitrogens with one attached hydrogen (secondary N) is 1. The summed E-state index contributed by atoms with van der Waals surface area (Å²) in [7, 11) is 0. The van der Waals surface area contributed by atoms with E-state index >= 15 is 0 Å². The van der Waals surface area contributed by atoms with E-state index in [-0.39, 0.29) is 23.2 Å². The van der Waals surface area contributed by atoms with Crippen molar-refractivity contribution in [1.82, 2.24) is 15.1 Å². The maximum Gasteiger partial charge on any atom is 0.243 e. The molecule has 3 atom stereocenters. The summed E-state index contributed by atoms with van der Waals surface area (Å²) in [5, 5.41) is 3.04. The number of nitrogens with zero attached hydrogens (tertiary/aromatic N) is 2. The molecule has 150 valence electrons. The Kier molecular flexibility index (Phi) is 8.64. The van der Waals surface area contributed by atoms with Crippen LogP contribution in [0.15, 0.2) is 30.3 Å². The predicted octanol–water partition coefficient (Wildman–Crippen LogP) is 3.28. The fourth-order valence-electron chi connectivity index (χ4n) is 3.54. The third-order valence-corrected chi connectivity index (χ3v) is 6.47. The minimum atomic E-state index is -0.400. The van der Waals surface area contributed by atoms with Gasteiger partial charge in [-0.05, 0) is 45.0 Å². The fourth-order valence-corrected chi connectivity index (χ4v) is 5.02. The fraction of sp³-hybridized carbons (Fsp3) is 0.619. The Bertz CT molecular complexity index is 607. The van der Waals surface area contributed by atoms with Gasteiger partial charge in [0.15, 0.2) is 0 Å². The summed E-state index contributed by atoms with van der Waals surface area (Å²) < 4.78 is 0. The molecule has 1 N–H and O–H groups in total. The lowest BCUT2D eigenvalue weighted by molar-refractivity contribution is -0.138. The third kappa shape index (κ3) is 5.98. The average Bonchev–Trinajstić information content (AvgIpc) is 3.11. The van der Waals surface area contributed by atoms with Crippen molar-refractivity contribution in [3.63, 3.8) is 0 Å². The highest BCUT2D eigenvalue weighted by Gasteiger charge is 2.40. The number of thioether (sulfide) groups is 1. The van der Waals surface area contributed by atoms with Gasteiger partial charge < -0.3 is 15.1 Å². The van der Waals surface area contributed by atoms with E-state index in [0.717, 1.165) is 38.0 Å². The Hall–Kier alpha value is -1.53. The molecule has 2 rings (SSSR count). The highest BCUT2D eigenvalue weighted by molar-refractivity contribution is 7.99. The second kappa shape index (κ2) is 10.7. The number of rotatable bonds is 9. The molecule has 0 bridgehead atoms. The molecule has 27 heavy (non-hydrogen) atoms. The Labute approximate surface area is 167 Å². The molecule has 0 spiro atoms. The zero-order valence-electron chi connectivity index (χ0n) is 17.0. The molecule has 1 aromatic carbocycles. The number of amides is 2. The van der Waals surface area contributed by atoms with Crippen LogP contribution >= 0.6 is 11.8 Å². The first-order chi connectivity index (χ1) is 13.0. The number of carbonyl (C=O) groups excluding carboxylic acids is 2. The molecule has 5 nitrogen and oxygen atoms in total. The summed E-state index contributed by atoms with van der Waals surface area (Å²) in [6.07, 6.45) is 2.01. The van der Waals surface area contributed by atoms with Gasteiger partial charge in [0.2, 0.25) is 11.8 Å². The Morgan fingerprint density at radius 1 is 1.26 bits per heavy atom. The van der Waals surface area contributed by atoms with Gasteiger partial charge in [-0.3, -0.25) is 9.59 Å². The monoisotopic (exact) mass is 391 g/mol. The van der Waals surface area contributed by atoms with Gasteiger partial charge in [-0.2, -0.15) is 0 Å². The summed E-state index contributed by atoms with van der Waals surface area (Å²) in [4.78, 5) is 29.2. The molecule has 1 saturated heterocycles. The lowest BCUT2D eigenvalue weighted by Gasteiger charge is -2.29. The maximum absolute atomic E-state index is 12.8. The van der Waals surface area contributed by atoms with E-state index in [0.29, 0.717) is 5.75 Å². The van der Waals surface area contributed by atoms with Crippen molar-refractivity contribution in [3.05, 3.63) is 35.9 Å². The van der Waals surface area contributed by atoms with E-state index in [2.05, 4.69) is 31.0 Å². The molecular formula is C21H33N3O2S. The third-order valence-electron chi connectivity index (χ3n) is 5.15. The van der Waals surface area contributed by atoms with E-state index in [1.54, 1.807) is 23.6 Å². The number of hydrogen-bond donors (Lipinski definition) is 1. The van der Waals surface area contributed by atoms with Crippen LogP contribution in [0.3, 0.4) is 0 Å². The molecule has 1 heterocycles. The first kappa shape index (κ1) is 21.8. The van der Waals surface area contributed by atoms with Crippen molar-refractivity contribution < 1.29 is 9.59 Å². The molecule has 1 fully saturated rings. The normalized spacial score (nSPS) is 20.7. The first-order valence-corrected chi connectivity index (χ1v) is 11.0. The van der Waals surface area contributed by atoms with Crippen LogP contribution in [0, 0.1) is 0 Å². The minimum Gasteiger partial charge on any atom is -0.352 e.